The molecule has 4 aromatic rings. The van der Waals surface area contributed by atoms with Crippen LogP contribution in [0, 0.1) is 11.8 Å². The van der Waals surface area contributed by atoms with Crippen LogP contribution in [0.3, 0.4) is 0 Å². The van der Waals surface area contributed by atoms with Crippen molar-refractivity contribution in [1.82, 2.24) is 19.4 Å². The molecule has 0 amide bonds. The molecule has 2 N–H and O–H groups in total. The highest BCUT2D eigenvalue weighted by molar-refractivity contribution is 6.00. The normalized spacial score (nSPS) is 27.2. The summed E-state index contributed by atoms with van der Waals surface area (Å²) in [6.45, 7) is 0. The largest absolute Gasteiger partial charge is 0.457 e. The monoisotopic (exact) mass is 521 g/mol. The molecule has 2 atom stereocenters. The van der Waals surface area contributed by atoms with E-state index in [0.717, 1.165) is 57.6 Å². The second-order valence-electron chi connectivity index (χ2n) is 12.1. The Labute approximate surface area is 231 Å². The smallest absolute Gasteiger partial charge is 0.146 e. The molecule has 6 nitrogen and oxygen atoms in total. The van der Waals surface area contributed by atoms with Gasteiger partial charge in [0, 0.05) is 29.9 Å². The molecular weight excluding hydrogens is 482 g/mol. The standard InChI is InChI=1S/C33H39N5O/c1-37-26-13-14-27(37)19-23(18-26)17-22-7-11-25(12-8-22)38-20-30(31-32(34)35-21-36-33(31)38)24-9-15-29(16-10-24)39-28-5-3-2-4-6-28/h2-6,9-10,15-16,20-23,25-27H,7-8,11-14,17-19H2,1H3,(H2,34,35,36)/t22-,23?,25+,26?,27?. The van der Waals surface area contributed by atoms with Gasteiger partial charge in [-0.1, -0.05) is 30.3 Å². The van der Waals surface area contributed by atoms with Crippen molar-refractivity contribution in [2.24, 2.45) is 11.8 Å². The molecule has 2 aliphatic heterocycles. The number of ether oxygens (including phenoxy) is 1. The van der Waals surface area contributed by atoms with Crippen LogP contribution in [0.1, 0.15) is 63.8 Å². The molecule has 2 unspecified atom stereocenters. The van der Waals surface area contributed by atoms with Crippen molar-refractivity contribution in [3.05, 3.63) is 67.1 Å². The molecule has 3 fully saturated rings. The number of benzene rings is 2. The van der Waals surface area contributed by atoms with Gasteiger partial charge >= 0.3 is 0 Å². The van der Waals surface area contributed by atoms with Crippen LogP contribution in [0.5, 0.6) is 11.5 Å². The van der Waals surface area contributed by atoms with E-state index in [1.54, 1.807) is 6.33 Å². The molecule has 0 radical (unpaired) electrons. The molecule has 2 bridgehead atoms. The molecular formula is C33H39N5O. The maximum atomic E-state index is 6.44. The summed E-state index contributed by atoms with van der Waals surface area (Å²) >= 11 is 0. The lowest BCUT2D eigenvalue weighted by atomic mass is 9.77. The number of nitrogens with two attached hydrogens (primary N) is 1. The quantitative estimate of drug-likeness (QED) is 0.285. The van der Waals surface area contributed by atoms with Gasteiger partial charge in [-0.15, -0.1) is 0 Å². The molecule has 4 heterocycles. The van der Waals surface area contributed by atoms with Crippen molar-refractivity contribution >= 4 is 16.9 Å². The van der Waals surface area contributed by atoms with Crippen molar-refractivity contribution in [1.29, 1.82) is 0 Å². The first-order valence-corrected chi connectivity index (χ1v) is 14.8. The number of nitrogen functional groups attached to an aromatic ring is 1. The van der Waals surface area contributed by atoms with Crippen LogP contribution in [-0.2, 0) is 0 Å². The molecule has 2 aromatic heterocycles. The van der Waals surface area contributed by atoms with Gasteiger partial charge in [0.25, 0.3) is 0 Å². The second kappa shape index (κ2) is 10.3. The lowest BCUT2D eigenvalue weighted by Crippen LogP contribution is -2.40. The summed E-state index contributed by atoms with van der Waals surface area (Å²) in [5.41, 5.74) is 9.59. The van der Waals surface area contributed by atoms with Crippen LogP contribution in [0.15, 0.2) is 67.1 Å². The van der Waals surface area contributed by atoms with Crippen LogP contribution in [0.2, 0.25) is 0 Å². The third-order valence-corrected chi connectivity index (χ3v) is 9.86. The summed E-state index contributed by atoms with van der Waals surface area (Å²) in [4.78, 5) is 11.7. The van der Waals surface area contributed by atoms with Gasteiger partial charge in [0.1, 0.15) is 29.3 Å². The van der Waals surface area contributed by atoms with Gasteiger partial charge in [0.2, 0.25) is 0 Å². The number of hydrogen-bond donors (Lipinski definition) is 1. The minimum atomic E-state index is 0.459. The van der Waals surface area contributed by atoms with E-state index in [-0.39, 0.29) is 0 Å². The van der Waals surface area contributed by atoms with E-state index in [2.05, 4.69) is 39.8 Å². The fourth-order valence-electron chi connectivity index (χ4n) is 7.78. The number of anilines is 1. The summed E-state index contributed by atoms with van der Waals surface area (Å²) in [5.74, 6) is 3.99. The Morgan fingerprint density at radius 1 is 0.795 bits per heavy atom. The minimum Gasteiger partial charge on any atom is -0.457 e. The van der Waals surface area contributed by atoms with Crippen molar-refractivity contribution in [3.8, 4) is 22.6 Å². The number of hydrogen-bond acceptors (Lipinski definition) is 5. The highest BCUT2D eigenvalue weighted by Crippen LogP contribution is 2.44. The Bertz CT molecular complexity index is 1410. The van der Waals surface area contributed by atoms with Crippen molar-refractivity contribution in [2.75, 3.05) is 12.8 Å². The van der Waals surface area contributed by atoms with Crippen LogP contribution >= 0.6 is 0 Å². The first-order chi connectivity index (χ1) is 19.1. The number of piperidine rings is 1. The van der Waals surface area contributed by atoms with E-state index in [4.69, 9.17) is 15.5 Å². The summed E-state index contributed by atoms with van der Waals surface area (Å²) in [6.07, 6.45) is 16.0. The van der Waals surface area contributed by atoms with Crippen LogP contribution in [0.4, 0.5) is 5.82 Å². The van der Waals surface area contributed by atoms with E-state index in [1.807, 2.05) is 42.5 Å². The zero-order chi connectivity index (χ0) is 26.3. The van der Waals surface area contributed by atoms with E-state index in [1.165, 1.54) is 57.8 Å². The average Bonchev–Trinajstić information content (AvgIpc) is 3.43. The number of nitrogens with zero attached hydrogens (tertiary/aromatic N) is 4. The van der Waals surface area contributed by atoms with Gasteiger partial charge in [-0.05, 0) is 106 Å². The van der Waals surface area contributed by atoms with E-state index >= 15 is 0 Å². The third-order valence-electron chi connectivity index (χ3n) is 9.86. The zero-order valence-electron chi connectivity index (χ0n) is 22.9. The molecule has 3 aliphatic rings. The summed E-state index contributed by atoms with van der Waals surface area (Å²) < 4.78 is 8.40. The molecule has 2 aromatic carbocycles. The Hall–Kier alpha value is -3.38. The number of fused-ring (bicyclic) bond motifs is 3. The van der Waals surface area contributed by atoms with Gasteiger partial charge in [0.15, 0.2) is 0 Å². The van der Waals surface area contributed by atoms with Gasteiger partial charge in [-0.3, -0.25) is 0 Å². The Balaban J connectivity index is 1.07. The van der Waals surface area contributed by atoms with Gasteiger partial charge in [-0.25, -0.2) is 9.97 Å². The number of para-hydroxylation sites is 1. The van der Waals surface area contributed by atoms with Gasteiger partial charge in [0.05, 0.1) is 5.39 Å². The molecule has 202 valence electrons. The lowest BCUT2D eigenvalue weighted by Gasteiger charge is -2.39. The number of rotatable bonds is 6. The number of aromatic nitrogens is 3. The maximum Gasteiger partial charge on any atom is 0.146 e. The minimum absolute atomic E-state index is 0.459. The summed E-state index contributed by atoms with van der Waals surface area (Å²) in [6, 6.07) is 20.3. The maximum absolute atomic E-state index is 6.44. The van der Waals surface area contributed by atoms with Gasteiger partial charge < -0.3 is 19.9 Å². The first kappa shape index (κ1) is 24.6. The predicted octanol–water partition coefficient (Wildman–Crippen LogP) is 7.47. The molecule has 6 heteroatoms. The van der Waals surface area contributed by atoms with E-state index in [9.17, 15) is 0 Å². The van der Waals surface area contributed by atoms with Crippen LogP contribution < -0.4 is 10.5 Å². The summed E-state index contributed by atoms with van der Waals surface area (Å²) in [5, 5.41) is 0.957. The Morgan fingerprint density at radius 2 is 1.46 bits per heavy atom. The zero-order valence-corrected chi connectivity index (χ0v) is 22.9. The highest BCUT2D eigenvalue weighted by Gasteiger charge is 2.39. The van der Waals surface area contributed by atoms with Crippen molar-refractivity contribution in [3.63, 3.8) is 0 Å². The van der Waals surface area contributed by atoms with Crippen LogP contribution in [0.25, 0.3) is 22.2 Å². The van der Waals surface area contributed by atoms with E-state index in [0.29, 0.717) is 11.9 Å². The lowest BCUT2D eigenvalue weighted by molar-refractivity contribution is 0.111. The average molecular weight is 522 g/mol. The molecule has 0 spiro atoms. The molecule has 1 aliphatic carbocycles. The fraction of sp³-hybridized carbons (Fsp3) is 0.455. The molecule has 7 rings (SSSR count). The van der Waals surface area contributed by atoms with Crippen molar-refractivity contribution in [2.45, 2.75) is 75.9 Å². The van der Waals surface area contributed by atoms with Gasteiger partial charge in [-0.2, -0.15) is 0 Å². The molecule has 39 heavy (non-hydrogen) atoms. The SMILES string of the molecule is CN1C2CCC1CC(C[C@H]1CC[C@@H](n3cc(-c4ccc(Oc5ccccc5)cc4)c4c(N)ncnc43)CC1)C2. The topological polar surface area (TPSA) is 69.2 Å². The summed E-state index contributed by atoms with van der Waals surface area (Å²) in [7, 11) is 2.35. The van der Waals surface area contributed by atoms with Crippen LogP contribution in [-0.4, -0.2) is 38.6 Å². The fourth-order valence-corrected chi connectivity index (χ4v) is 7.78. The highest BCUT2D eigenvalue weighted by atomic mass is 16.5. The molecule has 2 saturated heterocycles. The first-order valence-electron chi connectivity index (χ1n) is 14.8. The molecule has 1 saturated carbocycles. The Kier molecular flexibility index (Phi) is 6.51. The predicted molar refractivity (Wildman–Crippen MR) is 157 cm³/mol. The second-order valence-corrected chi connectivity index (χ2v) is 12.1. The third kappa shape index (κ3) is 4.80. The van der Waals surface area contributed by atoms with Crippen molar-refractivity contribution < 1.29 is 4.74 Å². The Morgan fingerprint density at radius 3 is 2.18 bits per heavy atom. The van der Waals surface area contributed by atoms with E-state index < -0.39 is 0 Å².